The van der Waals surface area contributed by atoms with Crippen molar-refractivity contribution < 1.29 is 18.6 Å². The molecule has 8 heteroatoms. The lowest BCUT2D eigenvalue weighted by molar-refractivity contribution is -0.133. The minimum Gasteiger partial charge on any atom is -0.464 e. The number of carbonyl (C=O) groups excluding carboxylic acids is 2. The zero-order valence-corrected chi connectivity index (χ0v) is 18.3. The van der Waals surface area contributed by atoms with Crippen molar-refractivity contribution >= 4 is 11.8 Å². The fraction of sp³-hybridized carbons (Fsp3) is 0.417. The van der Waals surface area contributed by atoms with Gasteiger partial charge in [0, 0.05) is 37.2 Å². The fourth-order valence-electron chi connectivity index (χ4n) is 4.77. The molecule has 1 saturated heterocycles. The van der Waals surface area contributed by atoms with Crippen LogP contribution >= 0.6 is 0 Å². The number of rotatable bonds is 5. The van der Waals surface area contributed by atoms with Gasteiger partial charge < -0.3 is 14.2 Å². The van der Waals surface area contributed by atoms with E-state index < -0.39 is 0 Å². The topological polar surface area (TPSA) is 92.7 Å². The number of carbonyl (C=O) groups is 2. The molecule has 1 aliphatic heterocycles. The molecular formula is C24H26N4O4. The van der Waals surface area contributed by atoms with Crippen molar-refractivity contribution in [2.45, 2.75) is 32.7 Å². The van der Waals surface area contributed by atoms with E-state index in [1.165, 1.54) is 0 Å². The normalized spacial score (nSPS) is 19.2. The van der Waals surface area contributed by atoms with Crippen LogP contribution in [0.2, 0.25) is 0 Å². The van der Waals surface area contributed by atoms with E-state index in [-0.39, 0.29) is 23.1 Å². The zero-order chi connectivity index (χ0) is 22.3. The lowest BCUT2D eigenvalue weighted by Crippen LogP contribution is -2.40. The van der Waals surface area contributed by atoms with Gasteiger partial charge in [-0.05, 0) is 55.9 Å². The third-order valence-electron chi connectivity index (χ3n) is 6.98. The van der Waals surface area contributed by atoms with E-state index in [0.717, 1.165) is 30.6 Å². The Morgan fingerprint density at radius 2 is 1.91 bits per heavy atom. The number of benzene rings is 1. The summed E-state index contributed by atoms with van der Waals surface area (Å²) in [6.45, 7) is 3.58. The van der Waals surface area contributed by atoms with E-state index in [0.29, 0.717) is 36.6 Å². The molecule has 1 atom stereocenters. The molecule has 166 valence electrons. The molecule has 2 amide bonds. The van der Waals surface area contributed by atoms with Crippen molar-refractivity contribution in [2.24, 2.45) is 11.3 Å². The molecule has 1 aromatic carbocycles. The number of likely N-dealkylation sites (tertiary alicyclic amines) is 1. The predicted molar refractivity (Wildman–Crippen MR) is 115 cm³/mol. The van der Waals surface area contributed by atoms with Crippen molar-refractivity contribution in [3.63, 3.8) is 0 Å². The number of aromatic nitrogens is 2. The first-order valence-electron chi connectivity index (χ1n) is 10.9. The summed E-state index contributed by atoms with van der Waals surface area (Å²) in [6.07, 6.45) is 4.25. The number of piperidine rings is 1. The van der Waals surface area contributed by atoms with Gasteiger partial charge in [0.2, 0.25) is 5.91 Å². The second-order valence-electron chi connectivity index (χ2n) is 8.96. The Balaban J connectivity index is 1.16. The van der Waals surface area contributed by atoms with Crippen LogP contribution in [-0.2, 0) is 11.3 Å². The Labute approximate surface area is 186 Å². The van der Waals surface area contributed by atoms with Gasteiger partial charge in [0.25, 0.3) is 5.91 Å². The maximum atomic E-state index is 13.0. The van der Waals surface area contributed by atoms with Crippen LogP contribution in [0.15, 0.2) is 51.7 Å². The Morgan fingerprint density at radius 3 is 2.53 bits per heavy atom. The highest BCUT2D eigenvalue weighted by molar-refractivity contribution is 5.94. The second kappa shape index (κ2) is 7.93. The third kappa shape index (κ3) is 3.70. The van der Waals surface area contributed by atoms with Gasteiger partial charge >= 0.3 is 0 Å². The fourth-order valence-corrected chi connectivity index (χ4v) is 4.77. The maximum Gasteiger partial charge on any atom is 0.253 e. The Bertz CT molecular complexity index is 1110. The van der Waals surface area contributed by atoms with Crippen molar-refractivity contribution in [2.75, 3.05) is 20.1 Å². The molecule has 3 aromatic rings. The molecule has 1 spiro atoms. The van der Waals surface area contributed by atoms with Crippen molar-refractivity contribution in [3.05, 3.63) is 59.6 Å². The lowest BCUT2D eigenvalue weighted by Gasteiger charge is -2.33. The van der Waals surface area contributed by atoms with Gasteiger partial charge in [0.15, 0.2) is 0 Å². The Hall–Kier alpha value is -3.42. The lowest BCUT2D eigenvalue weighted by atomic mass is 9.90. The van der Waals surface area contributed by atoms with E-state index in [2.05, 4.69) is 10.3 Å². The van der Waals surface area contributed by atoms with E-state index in [4.69, 9.17) is 9.05 Å². The van der Waals surface area contributed by atoms with E-state index in [1.54, 1.807) is 18.2 Å². The average molecular weight is 434 g/mol. The molecule has 0 N–H and O–H groups in total. The summed E-state index contributed by atoms with van der Waals surface area (Å²) in [5, 5.41) is 7.64. The summed E-state index contributed by atoms with van der Waals surface area (Å²) in [5.41, 5.74) is 3.05. The Kier molecular flexibility index (Phi) is 5.07. The second-order valence-corrected chi connectivity index (χ2v) is 8.96. The molecular weight excluding hydrogens is 408 g/mol. The Morgan fingerprint density at radius 1 is 1.16 bits per heavy atom. The van der Waals surface area contributed by atoms with Crippen molar-refractivity contribution in [1.82, 2.24) is 20.1 Å². The van der Waals surface area contributed by atoms with Crippen LogP contribution in [0.1, 0.15) is 41.0 Å². The molecule has 2 aromatic heterocycles. The zero-order valence-electron chi connectivity index (χ0n) is 18.3. The monoisotopic (exact) mass is 434 g/mol. The van der Waals surface area contributed by atoms with Crippen LogP contribution in [-0.4, -0.2) is 52.1 Å². The highest BCUT2D eigenvalue weighted by atomic mass is 16.6. The van der Waals surface area contributed by atoms with Gasteiger partial charge in [-0.25, -0.2) is 4.63 Å². The summed E-state index contributed by atoms with van der Waals surface area (Å²) < 4.78 is 10.1. The van der Waals surface area contributed by atoms with Crippen LogP contribution < -0.4 is 0 Å². The number of nitrogens with zero attached hydrogens (tertiary/aromatic N) is 4. The first-order valence-corrected chi connectivity index (χ1v) is 10.9. The van der Waals surface area contributed by atoms with Gasteiger partial charge in [-0.1, -0.05) is 22.4 Å². The first kappa shape index (κ1) is 20.5. The van der Waals surface area contributed by atoms with Gasteiger partial charge in [-0.15, -0.1) is 0 Å². The largest absolute Gasteiger partial charge is 0.464 e. The van der Waals surface area contributed by atoms with Crippen LogP contribution in [0.25, 0.3) is 11.3 Å². The summed E-state index contributed by atoms with van der Waals surface area (Å²) in [7, 11) is 1.80. The van der Waals surface area contributed by atoms with Crippen molar-refractivity contribution in [3.8, 4) is 11.3 Å². The smallest absolute Gasteiger partial charge is 0.253 e. The maximum absolute atomic E-state index is 13.0. The third-order valence-corrected chi connectivity index (χ3v) is 6.98. The molecule has 0 radical (unpaired) electrons. The summed E-state index contributed by atoms with van der Waals surface area (Å²) in [5.74, 6) is 0.993. The van der Waals surface area contributed by atoms with Gasteiger partial charge in [-0.3, -0.25) is 9.59 Å². The van der Waals surface area contributed by atoms with E-state index >= 15 is 0 Å². The molecule has 1 aliphatic carbocycles. The van der Waals surface area contributed by atoms with Crippen molar-refractivity contribution in [1.29, 1.82) is 0 Å². The minimum absolute atomic E-state index is 0.0255. The van der Waals surface area contributed by atoms with Crippen LogP contribution in [0.3, 0.4) is 0 Å². The first-order chi connectivity index (χ1) is 15.5. The standard InChI is InChI=1S/C24H26N4O4/c1-16-20(26-32-25-16)15-27(2)23(30)19-14-24(19)9-11-28(12-10-24)22(29)18-7-5-17(6-8-18)21-4-3-13-31-21/h3-8,13,19H,9-12,14-15H2,1-2H3/t19-/m0/s1. The average Bonchev–Trinajstić information content (AvgIpc) is 3.14. The summed E-state index contributed by atoms with van der Waals surface area (Å²) in [6, 6.07) is 11.3. The summed E-state index contributed by atoms with van der Waals surface area (Å²) >= 11 is 0. The molecule has 32 heavy (non-hydrogen) atoms. The number of furan rings is 1. The van der Waals surface area contributed by atoms with Crippen LogP contribution in [0.4, 0.5) is 0 Å². The number of hydrogen-bond donors (Lipinski definition) is 0. The molecule has 8 nitrogen and oxygen atoms in total. The van der Waals surface area contributed by atoms with Crippen LogP contribution in [0, 0.1) is 18.3 Å². The van der Waals surface area contributed by atoms with Crippen LogP contribution in [0.5, 0.6) is 0 Å². The molecule has 1 saturated carbocycles. The summed E-state index contributed by atoms with van der Waals surface area (Å²) in [4.78, 5) is 29.5. The number of aryl methyl sites for hydroxylation is 1. The SMILES string of the molecule is Cc1nonc1CN(C)C(=O)[C@@H]1CC12CCN(C(=O)c1ccc(-c3ccco3)cc1)CC2. The van der Waals surface area contributed by atoms with Gasteiger partial charge in [0.1, 0.15) is 17.1 Å². The quantitative estimate of drug-likeness (QED) is 0.610. The molecule has 0 unspecified atom stereocenters. The van der Waals surface area contributed by atoms with E-state index in [1.807, 2.05) is 48.2 Å². The molecule has 2 aliphatic rings. The predicted octanol–water partition coefficient (Wildman–Crippen LogP) is 3.54. The highest BCUT2D eigenvalue weighted by Crippen LogP contribution is 2.60. The minimum atomic E-state index is 0.0255. The number of amides is 2. The highest BCUT2D eigenvalue weighted by Gasteiger charge is 2.59. The van der Waals surface area contributed by atoms with Gasteiger partial charge in [-0.2, -0.15) is 0 Å². The molecule has 5 rings (SSSR count). The molecule has 2 fully saturated rings. The molecule has 3 heterocycles. The van der Waals surface area contributed by atoms with E-state index in [9.17, 15) is 9.59 Å². The number of hydrogen-bond acceptors (Lipinski definition) is 6. The van der Waals surface area contributed by atoms with Gasteiger partial charge in [0.05, 0.1) is 12.8 Å². The molecule has 0 bridgehead atoms.